The molecule has 6 heteroatoms. The number of aromatic carboxylic acids is 1. The predicted molar refractivity (Wildman–Crippen MR) is 72.2 cm³/mol. The Kier molecular flexibility index (Phi) is 4.39. The van der Waals surface area contributed by atoms with E-state index in [2.05, 4.69) is 4.98 Å². The van der Waals surface area contributed by atoms with E-state index in [4.69, 9.17) is 16.7 Å². The Morgan fingerprint density at radius 2 is 2.21 bits per heavy atom. The Hall–Kier alpha value is -1.59. The Balaban J connectivity index is 2.19. The molecule has 0 unspecified atom stereocenters. The highest BCUT2D eigenvalue weighted by Crippen LogP contribution is 2.26. The summed E-state index contributed by atoms with van der Waals surface area (Å²) in [6.45, 7) is 0. The van der Waals surface area contributed by atoms with Gasteiger partial charge in [0.1, 0.15) is 10.8 Å². The third kappa shape index (κ3) is 3.45. The Bertz CT molecular complexity index is 621. The molecule has 1 N–H and O–H groups in total. The first-order chi connectivity index (χ1) is 9.08. The van der Waals surface area contributed by atoms with E-state index in [-0.39, 0.29) is 17.1 Å². The largest absolute Gasteiger partial charge is 0.478 e. The van der Waals surface area contributed by atoms with Crippen LogP contribution in [-0.4, -0.2) is 16.1 Å². The first-order valence-corrected chi connectivity index (χ1v) is 6.69. The molecule has 1 aromatic heterocycles. The minimum atomic E-state index is -1.05. The number of pyridine rings is 1. The molecule has 1 heterocycles. The Morgan fingerprint density at radius 3 is 2.95 bits per heavy atom. The van der Waals surface area contributed by atoms with E-state index in [1.807, 2.05) is 0 Å². The first kappa shape index (κ1) is 13.8. The molecule has 3 nitrogen and oxygen atoms in total. The lowest BCUT2D eigenvalue weighted by Gasteiger charge is -2.05. The molecular formula is C13H9ClFNO2S. The van der Waals surface area contributed by atoms with E-state index >= 15 is 0 Å². The number of nitrogens with zero attached hydrogens (tertiary/aromatic N) is 1. The molecule has 0 amide bonds. The maximum Gasteiger partial charge on any atom is 0.338 e. The van der Waals surface area contributed by atoms with Crippen molar-refractivity contribution in [2.24, 2.45) is 0 Å². The van der Waals surface area contributed by atoms with Gasteiger partial charge in [-0.1, -0.05) is 11.6 Å². The van der Waals surface area contributed by atoms with Gasteiger partial charge in [-0.3, -0.25) is 0 Å². The molecule has 0 aliphatic carbocycles. The lowest BCUT2D eigenvalue weighted by molar-refractivity contribution is 0.0692. The van der Waals surface area contributed by atoms with Crippen LogP contribution >= 0.6 is 23.4 Å². The van der Waals surface area contributed by atoms with Crippen LogP contribution in [0.3, 0.4) is 0 Å². The molecule has 0 atom stereocenters. The second kappa shape index (κ2) is 6.04. The van der Waals surface area contributed by atoms with Gasteiger partial charge >= 0.3 is 5.97 Å². The lowest BCUT2D eigenvalue weighted by Crippen LogP contribution is -2.00. The summed E-state index contributed by atoms with van der Waals surface area (Å²) >= 11 is 6.96. The van der Waals surface area contributed by atoms with Crippen LogP contribution in [0.5, 0.6) is 0 Å². The van der Waals surface area contributed by atoms with Gasteiger partial charge in [0, 0.05) is 17.0 Å². The number of rotatable bonds is 4. The topological polar surface area (TPSA) is 50.2 Å². The van der Waals surface area contributed by atoms with Gasteiger partial charge in [0.25, 0.3) is 0 Å². The summed E-state index contributed by atoms with van der Waals surface area (Å²) < 4.78 is 13.5. The van der Waals surface area contributed by atoms with E-state index in [9.17, 15) is 9.18 Å². The fourth-order valence-electron chi connectivity index (χ4n) is 1.47. The zero-order chi connectivity index (χ0) is 13.8. The van der Waals surface area contributed by atoms with Crippen LogP contribution in [0.25, 0.3) is 0 Å². The molecule has 0 saturated carbocycles. The Labute approximate surface area is 118 Å². The number of hydrogen-bond acceptors (Lipinski definition) is 3. The van der Waals surface area contributed by atoms with E-state index in [1.165, 1.54) is 30.5 Å². The van der Waals surface area contributed by atoms with Crippen LogP contribution < -0.4 is 0 Å². The average molecular weight is 298 g/mol. The SMILES string of the molecule is O=C(O)c1cccnc1SCc1cc(Cl)ccc1F. The lowest BCUT2D eigenvalue weighted by atomic mass is 10.2. The molecule has 0 aliphatic heterocycles. The van der Waals surface area contributed by atoms with E-state index in [1.54, 1.807) is 6.07 Å². The van der Waals surface area contributed by atoms with Crippen molar-refractivity contribution < 1.29 is 14.3 Å². The van der Waals surface area contributed by atoms with Crippen molar-refractivity contribution in [2.45, 2.75) is 10.8 Å². The van der Waals surface area contributed by atoms with Gasteiger partial charge in [-0.2, -0.15) is 0 Å². The van der Waals surface area contributed by atoms with Crippen molar-refractivity contribution in [2.75, 3.05) is 0 Å². The van der Waals surface area contributed by atoms with Gasteiger partial charge in [0.05, 0.1) is 5.56 Å². The van der Waals surface area contributed by atoms with Crippen LogP contribution in [0.15, 0.2) is 41.6 Å². The molecule has 0 saturated heterocycles. The van der Waals surface area contributed by atoms with Crippen LogP contribution in [0.1, 0.15) is 15.9 Å². The number of benzene rings is 1. The summed E-state index contributed by atoms with van der Waals surface area (Å²) in [4.78, 5) is 15.0. The quantitative estimate of drug-likeness (QED) is 0.871. The highest BCUT2D eigenvalue weighted by atomic mass is 35.5. The minimum absolute atomic E-state index is 0.106. The normalized spacial score (nSPS) is 10.4. The molecule has 2 rings (SSSR count). The summed E-state index contributed by atoms with van der Waals surface area (Å²) in [5.74, 6) is -1.16. The third-order valence-electron chi connectivity index (χ3n) is 2.37. The summed E-state index contributed by atoms with van der Waals surface area (Å²) in [6.07, 6.45) is 1.50. The van der Waals surface area contributed by atoms with Gasteiger partial charge in [0.2, 0.25) is 0 Å². The summed E-state index contributed by atoms with van der Waals surface area (Å²) in [5, 5.41) is 9.81. The minimum Gasteiger partial charge on any atom is -0.478 e. The first-order valence-electron chi connectivity index (χ1n) is 5.33. The number of carboxylic acids is 1. The Morgan fingerprint density at radius 1 is 1.42 bits per heavy atom. The van der Waals surface area contributed by atoms with E-state index < -0.39 is 5.97 Å². The smallest absolute Gasteiger partial charge is 0.338 e. The molecule has 0 aliphatic rings. The molecule has 2 aromatic rings. The second-order valence-electron chi connectivity index (χ2n) is 3.69. The van der Waals surface area contributed by atoms with Crippen LogP contribution in [0.4, 0.5) is 4.39 Å². The number of hydrogen-bond donors (Lipinski definition) is 1. The molecule has 0 spiro atoms. The molecular weight excluding hydrogens is 289 g/mol. The van der Waals surface area contributed by atoms with Gasteiger partial charge in [0.15, 0.2) is 0 Å². The van der Waals surface area contributed by atoms with Crippen molar-refractivity contribution in [3.05, 3.63) is 58.5 Å². The highest BCUT2D eigenvalue weighted by Gasteiger charge is 2.12. The number of halogens is 2. The predicted octanol–water partition coefficient (Wildman–Crippen LogP) is 3.86. The van der Waals surface area contributed by atoms with Crippen molar-refractivity contribution in [3.63, 3.8) is 0 Å². The number of carboxylic acid groups (broad SMARTS) is 1. The molecule has 98 valence electrons. The van der Waals surface area contributed by atoms with Gasteiger partial charge in [-0.05, 0) is 35.9 Å². The second-order valence-corrected chi connectivity index (χ2v) is 5.09. The number of thioether (sulfide) groups is 1. The van der Waals surface area contributed by atoms with E-state index in [0.717, 1.165) is 11.8 Å². The van der Waals surface area contributed by atoms with Crippen molar-refractivity contribution >= 4 is 29.3 Å². The van der Waals surface area contributed by atoms with Crippen LogP contribution in [0.2, 0.25) is 5.02 Å². The zero-order valence-electron chi connectivity index (χ0n) is 9.64. The maximum atomic E-state index is 13.5. The summed E-state index contributed by atoms with van der Waals surface area (Å²) in [7, 11) is 0. The van der Waals surface area contributed by atoms with Gasteiger partial charge in [-0.25, -0.2) is 14.2 Å². The molecule has 0 fully saturated rings. The standard InChI is InChI=1S/C13H9ClFNO2S/c14-9-3-4-11(15)8(6-9)7-19-12-10(13(17)18)2-1-5-16-12/h1-6H,7H2,(H,17,18). The van der Waals surface area contributed by atoms with Crippen molar-refractivity contribution in [3.8, 4) is 0 Å². The van der Waals surface area contributed by atoms with Crippen molar-refractivity contribution in [1.82, 2.24) is 4.98 Å². The van der Waals surface area contributed by atoms with E-state index in [0.29, 0.717) is 15.6 Å². The third-order valence-corrected chi connectivity index (χ3v) is 3.66. The highest BCUT2D eigenvalue weighted by molar-refractivity contribution is 7.98. The summed E-state index contributed by atoms with van der Waals surface area (Å²) in [5.41, 5.74) is 0.523. The van der Waals surface area contributed by atoms with Crippen LogP contribution in [0, 0.1) is 5.82 Å². The molecule has 19 heavy (non-hydrogen) atoms. The number of carbonyl (C=O) groups is 1. The number of aromatic nitrogens is 1. The zero-order valence-corrected chi connectivity index (χ0v) is 11.2. The van der Waals surface area contributed by atoms with Crippen molar-refractivity contribution in [1.29, 1.82) is 0 Å². The monoisotopic (exact) mass is 297 g/mol. The summed E-state index contributed by atoms with van der Waals surface area (Å²) in [6, 6.07) is 7.29. The fourth-order valence-corrected chi connectivity index (χ4v) is 2.62. The fraction of sp³-hybridized carbons (Fsp3) is 0.0769. The van der Waals surface area contributed by atoms with Gasteiger partial charge < -0.3 is 5.11 Å². The molecule has 1 aromatic carbocycles. The van der Waals surface area contributed by atoms with Gasteiger partial charge in [-0.15, -0.1) is 11.8 Å². The van der Waals surface area contributed by atoms with Crippen LogP contribution in [-0.2, 0) is 5.75 Å². The molecule has 0 bridgehead atoms. The molecule has 0 radical (unpaired) electrons. The maximum absolute atomic E-state index is 13.5. The average Bonchev–Trinajstić information content (AvgIpc) is 2.40.